The predicted molar refractivity (Wildman–Crippen MR) is 68.7 cm³/mol. The number of ketones is 1. The third-order valence-electron chi connectivity index (χ3n) is 2.60. The van der Waals surface area contributed by atoms with Crippen molar-refractivity contribution in [3.05, 3.63) is 29.8 Å². The first-order valence-electron chi connectivity index (χ1n) is 5.97. The van der Waals surface area contributed by atoms with E-state index in [1.807, 2.05) is 6.92 Å². The van der Waals surface area contributed by atoms with Gasteiger partial charge >= 0.3 is 0 Å². The van der Waals surface area contributed by atoms with Crippen LogP contribution in [0.4, 0.5) is 0 Å². The first-order chi connectivity index (χ1) is 8.11. The number of phenolic OH excluding ortho intramolecular Hbond substituents is 1. The minimum atomic E-state index is 0.150. The summed E-state index contributed by atoms with van der Waals surface area (Å²) in [5, 5.41) is 16.7. The molecular weight excluding hydrogens is 214 g/mol. The van der Waals surface area contributed by atoms with Crippen LogP contribution in [0, 0.1) is 5.41 Å². The number of nitrogens with one attached hydrogen (secondary N) is 1. The normalized spacial score (nSPS) is 10.2. The Labute approximate surface area is 102 Å². The van der Waals surface area contributed by atoms with Crippen molar-refractivity contribution in [2.45, 2.75) is 39.0 Å². The highest BCUT2D eigenvalue weighted by molar-refractivity contribution is 5.88. The van der Waals surface area contributed by atoms with Gasteiger partial charge < -0.3 is 10.5 Å². The summed E-state index contributed by atoms with van der Waals surface area (Å²) >= 11 is 0. The second kappa shape index (κ2) is 6.84. The first kappa shape index (κ1) is 13.4. The van der Waals surface area contributed by atoms with E-state index in [2.05, 4.69) is 0 Å². The van der Waals surface area contributed by atoms with E-state index in [9.17, 15) is 4.79 Å². The summed E-state index contributed by atoms with van der Waals surface area (Å²) in [7, 11) is 0. The molecule has 0 fully saturated rings. The van der Waals surface area contributed by atoms with E-state index in [0.29, 0.717) is 25.0 Å². The molecule has 0 aliphatic carbocycles. The molecule has 0 unspecified atom stereocenters. The quantitative estimate of drug-likeness (QED) is 0.711. The van der Waals surface area contributed by atoms with Crippen LogP contribution >= 0.6 is 0 Å². The number of benzene rings is 1. The average molecular weight is 233 g/mol. The Morgan fingerprint density at radius 2 is 1.82 bits per heavy atom. The van der Waals surface area contributed by atoms with E-state index in [1.165, 1.54) is 0 Å². The molecule has 1 aromatic carbocycles. The molecule has 0 saturated carbocycles. The molecule has 0 saturated heterocycles. The molecule has 1 aromatic rings. The molecule has 0 bridgehead atoms. The van der Waals surface area contributed by atoms with Gasteiger partial charge in [0, 0.05) is 18.6 Å². The van der Waals surface area contributed by atoms with E-state index in [4.69, 9.17) is 10.5 Å². The second-order valence-corrected chi connectivity index (χ2v) is 4.24. The predicted octanol–water partition coefficient (Wildman–Crippen LogP) is 3.10. The Morgan fingerprint density at radius 3 is 2.41 bits per heavy atom. The van der Waals surface area contributed by atoms with Gasteiger partial charge in [-0.3, -0.25) is 4.79 Å². The first-order valence-corrected chi connectivity index (χ1v) is 5.97. The fourth-order valence-electron chi connectivity index (χ4n) is 1.65. The monoisotopic (exact) mass is 233 g/mol. The molecule has 3 nitrogen and oxygen atoms in total. The van der Waals surface area contributed by atoms with Gasteiger partial charge in [0.15, 0.2) is 0 Å². The molecule has 0 atom stereocenters. The zero-order valence-corrected chi connectivity index (χ0v) is 10.2. The highest BCUT2D eigenvalue weighted by atomic mass is 16.3. The maximum Gasteiger partial charge on any atom is 0.137 e. The smallest absolute Gasteiger partial charge is 0.137 e. The van der Waals surface area contributed by atoms with E-state index in [-0.39, 0.29) is 11.5 Å². The molecule has 0 amide bonds. The van der Waals surface area contributed by atoms with Crippen LogP contribution in [0.25, 0.3) is 0 Å². The molecule has 0 aliphatic rings. The van der Waals surface area contributed by atoms with Crippen molar-refractivity contribution in [3.63, 3.8) is 0 Å². The van der Waals surface area contributed by atoms with Crippen LogP contribution in [0.3, 0.4) is 0 Å². The molecule has 0 aliphatic heterocycles. The van der Waals surface area contributed by atoms with E-state index in [1.54, 1.807) is 24.3 Å². The largest absolute Gasteiger partial charge is 0.508 e. The van der Waals surface area contributed by atoms with Crippen LogP contribution in [-0.2, 0) is 11.2 Å². The third-order valence-corrected chi connectivity index (χ3v) is 2.60. The molecule has 17 heavy (non-hydrogen) atoms. The molecule has 0 heterocycles. The van der Waals surface area contributed by atoms with Crippen LogP contribution in [0.1, 0.15) is 38.2 Å². The van der Waals surface area contributed by atoms with Gasteiger partial charge in [0.25, 0.3) is 0 Å². The van der Waals surface area contributed by atoms with Gasteiger partial charge in [0.05, 0.1) is 0 Å². The van der Waals surface area contributed by atoms with Crippen molar-refractivity contribution in [2.24, 2.45) is 0 Å². The van der Waals surface area contributed by atoms with Gasteiger partial charge in [-0.1, -0.05) is 25.5 Å². The summed E-state index contributed by atoms with van der Waals surface area (Å²) < 4.78 is 0. The van der Waals surface area contributed by atoms with Crippen molar-refractivity contribution >= 4 is 11.5 Å². The number of phenols is 1. The van der Waals surface area contributed by atoms with Crippen molar-refractivity contribution in [1.29, 1.82) is 5.41 Å². The number of aromatic hydroxyl groups is 1. The summed E-state index contributed by atoms with van der Waals surface area (Å²) in [4.78, 5) is 11.6. The minimum absolute atomic E-state index is 0.150. The van der Waals surface area contributed by atoms with Crippen LogP contribution < -0.4 is 0 Å². The Morgan fingerprint density at radius 1 is 1.18 bits per heavy atom. The lowest BCUT2D eigenvalue weighted by Gasteiger charge is -2.03. The van der Waals surface area contributed by atoms with Crippen LogP contribution in [0.15, 0.2) is 24.3 Å². The summed E-state index contributed by atoms with van der Waals surface area (Å²) in [6, 6.07) is 6.68. The Balaban J connectivity index is 2.34. The molecule has 0 spiro atoms. The van der Waals surface area contributed by atoms with E-state index >= 15 is 0 Å². The number of rotatable bonds is 7. The summed E-state index contributed by atoms with van der Waals surface area (Å²) in [6.07, 6.45) is 3.15. The topological polar surface area (TPSA) is 61.2 Å². The second-order valence-electron chi connectivity index (χ2n) is 4.24. The summed E-state index contributed by atoms with van der Waals surface area (Å²) in [5.41, 5.74) is 1.57. The average Bonchev–Trinajstić information content (AvgIpc) is 2.30. The lowest BCUT2D eigenvalue weighted by molar-refractivity contribution is -0.118. The van der Waals surface area contributed by atoms with Gasteiger partial charge in [-0.2, -0.15) is 0 Å². The lowest BCUT2D eigenvalue weighted by atomic mass is 10.0. The van der Waals surface area contributed by atoms with E-state index in [0.717, 1.165) is 18.4 Å². The lowest BCUT2D eigenvalue weighted by Crippen LogP contribution is -2.06. The maximum atomic E-state index is 11.6. The Kier molecular flexibility index (Phi) is 5.40. The van der Waals surface area contributed by atoms with Crippen LogP contribution in [0.5, 0.6) is 5.75 Å². The zero-order chi connectivity index (χ0) is 12.7. The van der Waals surface area contributed by atoms with Gasteiger partial charge in [-0.05, 0) is 30.5 Å². The number of carbonyl (C=O) groups excluding carboxylic acids is 1. The van der Waals surface area contributed by atoms with Gasteiger partial charge in [-0.15, -0.1) is 0 Å². The Bertz CT molecular complexity index is 382. The Hall–Kier alpha value is -1.64. The molecule has 1 rings (SSSR count). The van der Waals surface area contributed by atoms with Gasteiger partial charge in [-0.25, -0.2) is 0 Å². The number of hydrogen-bond donors (Lipinski definition) is 2. The summed E-state index contributed by atoms with van der Waals surface area (Å²) in [6.45, 7) is 2.03. The molecular formula is C14H19NO2. The molecule has 3 heteroatoms. The fourth-order valence-corrected chi connectivity index (χ4v) is 1.65. The summed E-state index contributed by atoms with van der Waals surface area (Å²) in [5.74, 6) is 0.363. The SMILES string of the molecule is CCCC(=N)CCC(=O)Cc1ccc(O)cc1. The van der Waals surface area contributed by atoms with Crippen molar-refractivity contribution < 1.29 is 9.90 Å². The van der Waals surface area contributed by atoms with Gasteiger partial charge in [0.1, 0.15) is 11.5 Å². The number of carbonyl (C=O) groups is 1. The van der Waals surface area contributed by atoms with Crippen molar-refractivity contribution in [2.75, 3.05) is 0 Å². The van der Waals surface area contributed by atoms with Gasteiger partial charge in [0.2, 0.25) is 0 Å². The minimum Gasteiger partial charge on any atom is -0.508 e. The van der Waals surface area contributed by atoms with Crippen molar-refractivity contribution in [3.8, 4) is 5.75 Å². The van der Waals surface area contributed by atoms with E-state index < -0.39 is 0 Å². The third kappa shape index (κ3) is 5.29. The molecule has 0 radical (unpaired) electrons. The highest BCUT2D eigenvalue weighted by Crippen LogP contribution is 2.11. The van der Waals surface area contributed by atoms with Crippen LogP contribution in [-0.4, -0.2) is 16.6 Å². The standard InChI is InChI=1S/C14H19NO2/c1-2-3-12(15)6-9-14(17)10-11-4-7-13(16)8-5-11/h4-5,7-8,15-16H,2-3,6,9-10H2,1H3. The number of Topliss-reactive ketones (excluding diaryl/α,β-unsaturated/α-hetero) is 1. The molecule has 2 N–H and O–H groups in total. The van der Waals surface area contributed by atoms with Crippen molar-refractivity contribution in [1.82, 2.24) is 0 Å². The molecule has 0 aromatic heterocycles. The zero-order valence-electron chi connectivity index (χ0n) is 10.2. The highest BCUT2D eigenvalue weighted by Gasteiger charge is 2.05. The fraction of sp³-hybridized carbons (Fsp3) is 0.429. The molecule has 92 valence electrons. The number of hydrogen-bond acceptors (Lipinski definition) is 3. The van der Waals surface area contributed by atoms with Crippen LogP contribution in [0.2, 0.25) is 0 Å². The maximum absolute atomic E-state index is 11.6.